The molecule has 4 heterocycles. The molecule has 3 aliphatic rings. The number of benzene rings is 2. The van der Waals surface area contributed by atoms with Crippen molar-refractivity contribution in [2.45, 2.75) is 24.7 Å². The lowest BCUT2D eigenvalue weighted by molar-refractivity contribution is 0.252. The Labute approximate surface area is 186 Å². The van der Waals surface area contributed by atoms with E-state index in [1.165, 1.54) is 12.7 Å². The number of fused-ring (bicyclic) bond motifs is 3. The van der Waals surface area contributed by atoms with Crippen LogP contribution in [0.2, 0.25) is 0 Å². The van der Waals surface area contributed by atoms with E-state index in [1.807, 2.05) is 19.1 Å². The molecule has 0 N–H and O–H groups in total. The Hall–Kier alpha value is -2.64. The van der Waals surface area contributed by atoms with Gasteiger partial charge in [-0.15, -0.1) is 0 Å². The summed E-state index contributed by atoms with van der Waals surface area (Å²) in [4.78, 5) is 2.34. The maximum absolute atomic E-state index is 13.4. The molecule has 2 bridgehead atoms. The molecule has 31 heavy (non-hydrogen) atoms. The van der Waals surface area contributed by atoms with Gasteiger partial charge in [0.2, 0.25) is 0 Å². The summed E-state index contributed by atoms with van der Waals surface area (Å²) < 4.78 is 38.7. The van der Waals surface area contributed by atoms with Crippen molar-refractivity contribution in [1.82, 2.24) is 4.90 Å². The SMILES string of the molecule is COc1ccc(C)cc1S(=O)(=O)N(Cl)c1cc(C2=CN3CCC2CC3)c2occc2c1. The summed E-state index contributed by atoms with van der Waals surface area (Å²) >= 11 is 6.50. The molecule has 2 aromatic carbocycles. The first-order chi connectivity index (χ1) is 14.9. The number of anilines is 1. The zero-order valence-electron chi connectivity index (χ0n) is 17.3. The van der Waals surface area contributed by atoms with Crippen LogP contribution in [-0.4, -0.2) is 33.5 Å². The van der Waals surface area contributed by atoms with Gasteiger partial charge in [-0.3, -0.25) is 0 Å². The molecule has 3 aromatic rings. The third-order valence-corrected chi connectivity index (χ3v) is 8.40. The molecule has 0 radical (unpaired) electrons. The average Bonchev–Trinajstić information content (AvgIpc) is 3.27. The van der Waals surface area contributed by atoms with E-state index >= 15 is 0 Å². The number of ether oxygens (including phenoxy) is 1. The minimum absolute atomic E-state index is 0.0286. The van der Waals surface area contributed by atoms with Gasteiger partial charge in [0.05, 0.1) is 19.1 Å². The molecule has 6 nitrogen and oxygen atoms in total. The summed E-state index contributed by atoms with van der Waals surface area (Å²) in [5, 5.41) is 0.807. The van der Waals surface area contributed by atoms with Gasteiger partial charge in [0.15, 0.2) is 0 Å². The Morgan fingerprint density at radius 3 is 2.61 bits per heavy atom. The van der Waals surface area contributed by atoms with E-state index in [-0.39, 0.29) is 10.6 Å². The first-order valence-electron chi connectivity index (χ1n) is 10.2. The van der Waals surface area contributed by atoms with E-state index in [9.17, 15) is 8.42 Å². The topological polar surface area (TPSA) is 63.0 Å². The molecule has 1 aromatic heterocycles. The lowest BCUT2D eigenvalue weighted by atomic mass is 9.82. The van der Waals surface area contributed by atoms with Crippen molar-refractivity contribution in [3.63, 3.8) is 0 Å². The van der Waals surface area contributed by atoms with Crippen LogP contribution in [0.4, 0.5) is 5.69 Å². The van der Waals surface area contributed by atoms with Crippen molar-refractivity contribution < 1.29 is 17.6 Å². The fraction of sp³-hybridized carbons (Fsp3) is 0.304. The van der Waals surface area contributed by atoms with E-state index in [2.05, 4.69) is 11.1 Å². The quantitative estimate of drug-likeness (QED) is 0.494. The molecule has 1 saturated heterocycles. The number of rotatable bonds is 5. The zero-order chi connectivity index (χ0) is 21.8. The minimum atomic E-state index is -4.05. The monoisotopic (exact) mass is 458 g/mol. The van der Waals surface area contributed by atoms with Gasteiger partial charge in [-0.1, -0.05) is 6.07 Å². The van der Waals surface area contributed by atoms with Crippen molar-refractivity contribution in [1.29, 1.82) is 0 Å². The highest BCUT2D eigenvalue weighted by Crippen LogP contribution is 2.43. The van der Waals surface area contributed by atoms with Gasteiger partial charge < -0.3 is 14.1 Å². The molecule has 162 valence electrons. The second-order valence-electron chi connectivity index (χ2n) is 8.10. The maximum Gasteiger partial charge on any atom is 0.281 e. The number of nitrogens with zero attached hydrogens (tertiary/aromatic N) is 2. The number of sulfonamides is 1. The number of allylic oxidation sites excluding steroid dienone is 1. The molecule has 0 saturated carbocycles. The Morgan fingerprint density at radius 1 is 1.16 bits per heavy atom. The van der Waals surface area contributed by atoms with Gasteiger partial charge in [-0.2, -0.15) is 12.2 Å². The van der Waals surface area contributed by atoms with Crippen LogP contribution in [-0.2, 0) is 10.0 Å². The third kappa shape index (κ3) is 3.36. The predicted molar refractivity (Wildman–Crippen MR) is 122 cm³/mol. The van der Waals surface area contributed by atoms with E-state index in [0.717, 1.165) is 51.9 Å². The van der Waals surface area contributed by atoms with Crippen molar-refractivity contribution in [3.05, 3.63) is 60.0 Å². The molecule has 0 spiro atoms. The number of furan rings is 1. The number of halogens is 1. The second-order valence-corrected chi connectivity index (χ2v) is 10.4. The predicted octanol–water partition coefficient (Wildman–Crippen LogP) is 5.17. The lowest BCUT2D eigenvalue weighted by Gasteiger charge is -2.39. The van der Waals surface area contributed by atoms with Crippen molar-refractivity contribution >= 4 is 44.0 Å². The average molecular weight is 459 g/mol. The number of hydrogen-bond acceptors (Lipinski definition) is 5. The zero-order valence-corrected chi connectivity index (χ0v) is 18.9. The van der Waals surface area contributed by atoms with Gasteiger partial charge >= 0.3 is 0 Å². The fourth-order valence-corrected chi connectivity index (χ4v) is 6.14. The van der Waals surface area contributed by atoms with Crippen molar-refractivity contribution in [3.8, 4) is 5.75 Å². The number of methoxy groups -OCH3 is 1. The summed E-state index contributed by atoms with van der Waals surface area (Å²) in [6.07, 6.45) is 5.97. The standard InChI is InChI=1S/C23H23ClN2O4S/c1-15-3-4-21(29-2)22(11-15)31(27,28)26(24)18-12-17-7-10-30-23(17)19(13-18)20-14-25-8-5-16(20)6-9-25/h3-4,7,10-14,16H,5-6,8-9H2,1-2H3. The molecule has 0 atom stereocenters. The van der Waals surface area contributed by atoms with Crippen LogP contribution in [0, 0.1) is 12.8 Å². The Balaban J connectivity index is 1.64. The molecule has 0 amide bonds. The normalized spacial score (nSPS) is 16.6. The summed E-state index contributed by atoms with van der Waals surface area (Å²) in [5.74, 6) is 0.687. The van der Waals surface area contributed by atoms with Crippen molar-refractivity contribution in [2.24, 2.45) is 5.92 Å². The molecule has 1 fully saturated rings. The van der Waals surface area contributed by atoms with E-state index in [4.69, 9.17) is 20.9 Å². The van der Waals surface area contributed by atoms with Crippen LogP contribution in [0.25, 0.3) is 16.5 Å². The maximum atomic E-state index is 13.4. The first kappa shape index (κ1) is 20.3. The smallest absolute Gasteiger partial charge is 0.281 e. The van der Waals surface area contributed by atoms with Gasteiger partial charge in [0.25, 0.3) is 10.0 Å². The van der Waals surface area contributed by atoms with Crippen LogP contribution in [0.3, 0.4) is 0 Å². The fourth-order valence-electron chi connectivity index (χ4n) is 4.52. The van der Waals surface area contributed by atoms with Crippen LogP contribution in [0.15, 0.2) is 58.2 Å². The minimum Gasteiger partial charge on any atom is -0.495 e. The van der Waals surface area contributed by atoms with E-state index < -0.39 is 10.0 Å². The molecule has 8 heteroatoms. The summed E-state index contributed by atoms with van der Waals surface area (Å²) in [6, 6.07) is 10.4. The Bertz CT molecular complexity index is 1290. The molecule has 0 unspecified atom stereocenters. The van der Waals surface area contributed by atoms with Crippen LogP contribution in [0.5, 0.6) is 5.75 Å². The second kappa shape index (κ2) is 7.50. The van der Waals surface area contributed by atoms with Crippen LogP contribution >= 0.6 is 11.8 Å². The summed E-state index contributed by atoms with van der Waals surface area (Å²) in [6.45, 7) is 3.93. The lowest BCUT2D eigenvalue weighted by Crippen LogP contribution is -2.35. The molecular weight excluding hydrogens is 436 g/mol. The molecule has 6 rings (SSSR count). The molecule has 0 aliphatic carbocycles. The summed E-state index contributed by atoms with van der Waals surface area (Å²) in [7, 11) is -2.61. The van der Waals surface area contributed by atoms with Gasteiger partial charge in [0, 0.05) is 42.0 Å². The molecule has 3 aliphatic heterocycles. The third-order valence-electron chi connectivity index (χ3n) is 6.15. The largest absolute Gasteiger partial charge is 0.495 e. The highest BCUT2D eigenvalue weighted by atomic mass is 35.5. The number of hydrogen-bond donors (Lipinski definition) is 0. The summed E-state index contributed by atoms with van der Waals surface area (Å²) in [5.41, 5.74) is 3.98. The van der Waals surface area contributed by atoms with Gasteiger partial charge in [0.1, 0.15) is 16.2 Å². The highest BCUT2D eigenvalue weighted by Gasteiger charge is 2.32. The number of aryl methyl sites for hydroxylation is 1. The Morgan fingerprint density at radius 2 is 1.94 bits per heavy atom. The molecular formula is C23H23ClN2O4S. The highest BCUT2D eigenvalue weighted by molar-refractivity contribution is 7.94. The first-order valence-corrected chi connectivity index (χ1v) is 12.0. The van der Waals surface area contributed by atoms with Crippen molar-refractivity contribution in [2.75, 3.05) is 24.0 Å². The van der Waals surface area contributed by atoms with Crippen LogP contribution in [0.1, 0.15) is 24.0 Å². The van der Waals surface area contributed by atoms with Gasteiger partial charge in [-0.25, -0.2) is 0 Å². The van der Waals surface area contributed by atoms with Crippen LogP contribution < -0.4 is 8.56 Å². The van der Waals surface area contributed by atoms with E-state index in [1.54, 1.807) is 30.5 Å². The van der Waals surface area contributed by atoms with Gasteiger partial charge in [-0.05, 0) is 67.2 Å². The Kier molecular flexibility index (Phi) is 4.90. The van der Waals surface area contributed by atoms with E-state index in [0.29, 0.717) is 11.6 Å². The number of piperidine rings is 1.